The molecule has 2 aromatic rings. The van der Waals surface area contributed by atoms with Crippen molar-refractivity contribution in [3.8, 4) is 0 Å². The highest BCUT2D eigenvalue weighted by molar-refractivity contribution is 5.22. The van der Waals surface area contributed by atoms with Gasteiger partial charge in [0.15, 0.2) is 0 Å². The molecule has 2 aliphatic heterocycles. The van der Waals surface area contributed by atoms with Gasteiger partial charge in [0.1, 0.15) is 0 Å². The first-order valence-corrected chi connectivity index (χ1v) is 11.0. The maximum atomic E-state index is 12.3. The van der Waals surface area contributed by atoms with Crippen LogP contribution >= 0.6 is 0 Å². The molecule has 0 radical (unpaired) electrons. The highest BCUT2D eigenvalue weighted by Crippen LogP contribution is 2.26. The third-order valence-electron chi connectivity index (χ3n) is 6.57. The summed E-state index contributed by atoms with van der Waals surface area (Å²) in [6.07, 6.45) is 7.18. The van der Waals surface area contributed by atoms with E-state index in [0.29, 0.717) is 24.3 Å². The number of ether oxygens (including phenoxy) is 1. The predicted molar refractivity (Wildman–Crippen MR) is 106 cm³/mol. The Hall–Kier alpha value is -2.06. The Kier molecular flexibility index (Phi) is 5.46. The van der Waals surface area contributed by atoms with Gasteiger partial charge in [-0.15, -0.1) is 10.2 Å². The van der Waals surface area contributed by atoms with E-state index in [9.17, 15) is 4.79 Å². The van der Waals surface area contributed by atoms with E-state index in [1.165, 1.54) is 0 Å². The Bertz CT molecular complexity index is 894. The third kappa shape index (κ3) is 4.28. The highest BCUT2D eigenvalue weighted by atomic mass is 16.5. The SMILES string of the molecule is O=c1cc2c(nn1CC1CCN(Cc3nnc(C4CCOCC4)o3)CC1)CCC2. The fourth-order valence-electron chi connectivity index (χ4n) is 4.77. The molecule has 0 saturated carbocycles. The minimum atomic E-state index is 0.0552. The lowest BCUT2D eigenvalue weighted by Gasteiger charge is -2.31. The van der Waals surface area contributed by atoms with Crippen molar-refractivity contribution in [1.82, 2.24) is 24.9 Å². The van der Waals surface area contributed by atoms with Gasteiger partial charge in [0.05, 0.1) is 12.2 Å². The molecule has 0 spiro atoms. The van der Waals surface area contributed by atoms with E-state index >= 15 is 0 Å². The van der Waals surface area contributed by atoms with Crippen molar-refractivity contribution < 1.29 is 9.15 Å². The molecule has 2 fully saturated rings. The van der Waals surface area contributed by atoms with Crippen LogP contribution in [0.3, 0.4) is 0 Å². The first kappa shape index (κ1) is 18.9. The second-order valence-corrected chi connectivity index (χ2v) is 8.63. The number of piperidine rings is 1. The lowest BCUT2D eigenvalue weighted by atomic mass is 9.97. The Morgan fingerprint density at radius 1 is 1.07 bits per heavy atom. The van der Waals surface area contributed by atoms with Gasteiger partial charge >= 0.3 is 0 Å². The summed E-state index contributed by atoms with van der Waals surface area (Å²) in [6, 6.07) is 1.80. The number of fused-ring (bicyclic) bond motifs is 1. The van der Waals surface area contributed by atoms with Gasteiger partial charge < -0.3 is 9.15 Å². The maximum Gasteiger partial charge on any atom is 0.267 e. The average Bonchev–Trinajstić information content (AvgIpc) is 3.40. The lowest BCUT2D eigenvalue weighted by molar-refractivity contribution is 0.0785. The van der Waals surface area contributed by atoms with Gasteiger partial charge in [0.25, 0.3) is 5.56 Å². The smallest absolute Gasteiger partial charge is 0.267 e. The molecule has 0 bridgehead atoms. The quantitative estimate of drug-likeness (QED) is 0.759. The van der Waals surface area contributed by atoms with Crippen LogP contribution in [0.2, 0.25) is 0 Å². The maximum absolute atomic E-state index is 12.3. The number of nitrogens with zero attached hydrogens (tertiary/aromatic N) is 5. The van der Waals surface area contributed by atoms with E-state index in [1.54, 1.807) is 10.7 Å². The van der Waals surface area contributed by atoms with Gasteiger partial charge in [-0.25, -0.2) is 4.68 Å². The summed E-state index contributed by atoms with van der Waals surface area (Å²) >= 11 is 0. The van der Waals surface area contributed by atoms with Gasteiger partial charge in [0, 0.05) is 31.7 Å². The minimum absolute atomic E-state index is 0.0552. The van der Waals surface area contributed by atoms with Crippen LogP contribution in [0.1, 0.15) is 61.1 Å². The largest absolute Gasteiger partial charge is 0.424 e. The Labute approximate surface area is 170 Å². The van der Waals surface area contributed by atoms with Crippen molar-refractivity contribution in [1.29, 1.82) is 0 Å². The summed E-state index contributed by atoms with van der Waals surface area (Å²) in [5.41, 5.74) is 2.33. The second-order valence-electron chi connectivity index (χ2n) is 8.63. The summed E-state index contributed by atoms with van der Waals surface area (Å²) in [4.78, 5) is 14.7. The zero-order valence-electron chi connectivity index (χ0n) is 16.9. The summed E-state index contributed by atoms with van der Waals surface area (Å²) in [5, 5.41) is 13.2. The topological polar surface area (TPSA) is 86.3 Å². The minimum Gasteiger partial charge on any atom is -0.424 e. The molecule has 3 aliphatic rings. The van der Waals surface area contributed by atoms with Gasteiger partial charge in [-0.2, -0.15) is 5.10 Å². The molecule has 4 heterocycles. The number of hydrogen-bond donors (Lipinski definition) is 0. The molecule has 0 unspecified atom stereocenters. The van der Waals surface area contributed by atoms with E-state index in [-0.39, 0.29) is 5.56 Å². The van der Waals surface area contributed by atoms with E-state index in [1.807, 2.05) is 0 Å². The van der Waals surface area contributed by atoms with Crippen molar-refractivity contribution >= 4 is 0 Å². The van der Waals surface area contributed by atoms with Crippen LogP contribution in [0.5, 0.6) is 0 Å². The van der Waals surface area contributed by atoms with E-state index in [0.717, 1.165) is 94.9 Å². The van der Waals surface area contributed by atoms with Gasteiger partial charge in [-0.05, 0) is 69.5 Å². The molecule has 0 aromatic carbocycles. The van der Waals surface area contributed by atoms with Crippen molar-refractivity contribution in [2.24, 2.45) is 5.92 Å². The summed E-state index contributed by atoms with van der Waals surface area (Å²) in [5.74, 6) is 2.31. The number of likely N-dealkylation sites (tertiary alicyclic amines) is 1. The summed E-state index contributed by atoms with van der Waals surface area (Å²) < 4.78 is 13.0. The Morgan fingerprint density at radius 2 is 1.90 bits per heavy atom. The first-order chi connectivity index (χ1) is 14.2. The monoisotopic (exact) mass is 399 g/mol. The fourth-order valence-corrected chi connectivity index (χ4v) is 4.77. The summed E-state index contributed by atoms with van der Waals surface area (Å²) in [6.45, 7) is 4.96. The van der Waals surface area contributed by atoms with Crippen LogP contribution in [0.15, 0.2) is 15.3 Å². The molecule has 2 aromatic heterocycles. The number of rotatable bonds is 5. The van der Waals surface area contributed by atoms with Crippen LogP contribution in [-0.4, -0.2) is 51.2 Å². The first-order valence-electron chi connectivity index (χ1n) is 11.0. The Balaban J connectivity index is 1.13. The van der Waals surface area contributed by atoms with Crippen molar-refractivity contribution in [2.45, 2.75) is 64.0 Å². The van der Waals surface area contributed by atoms with Gasteiger partial charge in [-0.3, -0.25) is 9.69 Å². The van der Waals surface area contributed by atoms with Crippen molar-refractivity contribution in [3.05, 3.63) is 39.5 Å². The standard InChI is InChI=1S/C21H29N5O3/c27-20-12-17-2-1-3-18(17)24-26(20)13-15-4-8-25(9-5-15)14-19-22-23-21(29-19)16-6-10-28-11-7-16/h12,15-16H,1-11,13-14H2. The van der Waals surface area contributed by atoms with Gasteiger partial charge in [0.2, 0.25) is 11.8 Å². The zero-order chi connectivity index (χ0) is 19.6. The molecule has 0 amide bonds. The average molecular weight is 399 g/mol. The molecule has 1 aliphatic carbocycles. The Morgan fingerprint density at radius 3 is 2.72 bits per heavy atom. The molecule has 5 rings (SSSR count). The van der Waals surface area contributed by atoms with Crippen LogP contribution < -0.4 is 5.56 Å². The molecule has 8 heteroatoms. The van der Waals surface area contributed by atoms with E-state index in [2.05, 4.69) is 20.2 Å². The second kappa shape index (κ2) is 8.36. The number of aryl methyl sites for hydroxylation is 2. The summed E-state index contributed by atoms with van der Waals surface area (Å²) in [7, 11) is 0. The highest BCUT2D eigenvalue weighted by Gasteiger charge is 2.25. The molecular formula is C21H29N5O3. The van der Waals surface area contributed by atoms with Gasteiger partial charge in [-0.1, -0.05) is 0 Å². The molecule has 29 heavy (non-hydrogen) atoms. The molecule has 8 nitrogen and oxygen atoms in total. The fraction of sp³-hybridized carbons (Fsp3) is 0.714. The lowest BCUT2D eigenvalue weighted by Crippen LogP contribution is -2.36. The predicted octanol–water partition coefficient (Wildman–Crippen LogP) is 1.92. The van der Waals surface area contributed by atoms with Crippen LogP contribution in [-0.2, 0) is 30.7 Å². The normalized spacial score (nSPS) is 21.5. The zero-order valence-corrected chi connectivity index (χ0v) is 16.9. The number of hydrogen-bond acceptors (Lipinski definition) is 7. The van der Waals surface area contributed by atoms with E-state index in [4.69, 9.17) is 9.15 Å². The molecule has 0 N–H and O–H groups in total. The van der Waals surface area contributed by atoms with Crippen LogP contribution in [0.25, 0.3) is 0 Å². The van der Waals surface area contributed by atoms with Crippen LogP contribution in [0, 0.1) is 5.92 Å². The van der Waals surface area contributed by atoms with E-state index < -0.39 is 0 Å². The molecule has 156 valence electrons. The van der Waals surface area contributed by atoms with Crippen molar-refractivity contribution in [3.63, 3.8) is 0 Å². The molecular weight excluding hydrogens is 370 g/mol. The molecule has 2 saturated heterocycles. The number of aromatic nitrogens is 4. The van der Waals surface area contributed by atoms with Crippen LogP contribution in [0.4, 0.5) is 0 Å². The van der Waals surface area contributed by atoms with Crippen molar-refractivity contribution in [2.75, 3.05) is 26.3 Å². The molecule has 0 atom stereocenters. The third-order valence-corrected chi connectivity index (χ3v) is 6.57.